The second kappa shape index (κ2) is 39.0. The van der Waals surface area contributed by atoms with E-state index in [1.807, 2.05) is 27.8 Å². The molecule has 636 valence electrons. The zero-order valence-corrected chi connectivity index (χ0v) is 70.6. The zero-order chi connectivity index (χ0) is 84.8. The molecule has 40 heteroatoms. The van der Waals surface area contributed by atoms with Crippen LogP contribution in [-0.4, -0.2) is 220 Å². The number of nitrogens with one attached hydrogen (secondary N) is 6. The Morgan fingerprint density at radius 3 is 1.14 bits per heavy atom. The SMILES string of the molecule is CNC1C(=O)N(CC2=CC(C)(C)C=C2)CCc2ncoc21.CNC1C(=O)N(CC2=CC=CC2(C)C)CCc2ncoc21.CNC1C(=O)N(Cc2cnc(C)o2)CCc2ncoc21.CNC1C(=O)N(Cc2cnc(C)s2)CCc2ncoc21.CNC1C(=O)N(Cc2nnco2)CCc2ncoc21.CNC1C(=O)N(Cc2nncs2)CCc2ncoc21. The monoisotopic (exact) mass is 1680 g/mol. The molecule has 18 rings (SSSR count). The highest BCUT2D eigenvalue weighted by Gasteiger charge is 2.41. The molecule has 10 aromatic heterocycles. The van der Waals surface area contributed by atoms with Gasteiger partial charge in [-0.2, -0.15) is 0 Å². The smallest absolute Gasteiger partial charge is 0.248 e. The fourth-order valence-electron chi connectivity index (χ4n) is 15.1. The number of fused-ring (bicyclic) bond motifs is 6. The van der Waals surface area contributed by atoms with Crippen molar-refractivity contribution in [1.82, 2.24) is 122 Å². The summed E-state index contributed by atoms with van der Waals surface area (Å²) in [5.41, 5.74) is 9.31. The number of aromatic nitrogens is 12. The number of amides is 6. The van der Waals surface area contributed by atoms with Crippen molar-refractivity contribution in [3.63, 3.8) is 0 Å². The van der Waals surface area contributed by atoms with Crippen molar-refractivity contribution in [1.29, 1.82) is 0 Å². The zero-order valence-electron chi connectivity index (χ0n) is 69.0. The number of rotatable bonds is 18. The van der Waals surface area contributed by atoms with Crippen LogP contribution in [0.1, 0.15) is 165 Å². The van der Waals surface area contributed by atoms with Gasteiger partial charge in [0.1, 0.15) is 52.5 Å². The van der Waals surface area contributed by atoms with Crippen LogP contribution < -0.4 is 31.9 Å². The molecule has 8 aliphatic rings. The Hall–Kier alpha value is -11.7. The summed E-state index contributed by atoms with van der Waals surface area (Å²) in [6.07, 6.45) is 30.2. The number of carbonyl (C=O) groups is 6. The summed E-state index contributed by atoms with van der Waals surface area (Å²) in [6, 6.07) is -2.84. The van der Waals surface area contributed by atoms with Crippen molar-refractivity contribution in [2.45, 2.75) is 142 Å². The maximum absolute atomic E-state index is 12.8. The van der Waals surface area contributed by atoms with Gasteiger partial charge >= 0.3 is 0 Å². The minimum Gasteiger partial charge on any atom is -0.446 e. The van der Waals surface area contributed by atoms with E-state index in [2.05, 4.69) is 156 Å². The van der Waals surface area contributed by atoms with Gasteiger partial charge in [-0.25, -0.2) is 39.9 Å². The second-order valence-electron chi connectivity index (χ2n) is 30.4. The molecule has 0 saturated carbocycles. The van der Waals surface area contributed by atoms with Gasteiger partial charge in [-0.3, -0.25) is 28.8 Å². The molecule has 38 nitrogen and oxygen atoms in total. The molecule has 0 fully saturated rings. The maximum atomic E-state index is 12.8. The van der Waals surface area contributed by atoms with Crippen LogP contribution >= 0.6 is 22.7 Å². The van der Waals surface area contributed by atoms with Gasteiger partial charge in [-0.1, -0.05) is 64.2 Å². The lowest BCUT2D eigenvalue weighted by molar-refractivity contribution is -0.135. The van der Waals surface area contributed by atoms with Crippen molar-refractivity contribution in [3.05, 3.63) is 211 Å². The predicted octanol–water partition coefficient (Wildman–Crippen LogP) is 6.06. The standard InChI is InChI=1S/2C16H21N3O2.C13H16N4O3.C13H16N4O2S.C11H13N5O3.C11H13N5O2S/c1-16(2)6-4-11(8-16)9-19-7-5-12-14(21-10-18-12)13(17-3)15(19)20;1-16(2)7-4-5-11(16)9-19-8-6-12-14(21-10-18-12)13(17-3)15(19)20;2*1-8-15-5-9(20-8)6-17-4-3-10-12(19-7-16-10)11(14-2)13(17)18;1-12-9-10-7(13-5-19-10)2-3-16(11(9)17)4-8-15-14-6-18-8;1-12-9-10-7(13-5-18-10)2-3-16(11(9)17)4-8-15-14-6-19-8/h4,6,8,10,13,17H,5,7,9H2,1-3H3;4-5,7,10,13,17H,6,8-9H2,1-3H3;2*5,7,11,14H,3-4,6H2,1-2H3;2*5-6,9,12H,2-4H2,1H3. The first-order chi connectivity index (χ1) is 58.0. The molecule has 0 bridgehead atoms. The minimum atomic E-state index is -0.525. The van der Waals surface area contributed by atoms with Crippen LogP contribution in [0.5, 0.6) is 0 Å². The van der Waals surface area contributed by atoms with Gasteiger partial charge in [0, 0.05) is 120 Å². The molecule has 0 aromatic carbocycles. The van der Waals surface area contributed by atoms with E-state index in [-0.39, 0.29) is 46.3 Å². The highest BCUT2D eigenvalue weighted by molar-refractivity contribution is 7.11. The molecule has 0 saturated heterocycles. The summed E-state index contributed by atoms with van der Waals surface area (Å²) in [5.74, 6) is 5.41. The summed E-state index contributed by atoms with van der Waals surface area (Å²) in [7, 11) is 10.5. The van der Waals surface area contributed by atoms with E-state index in [9.17, 15) is 28.8 Å². The van der Waals surface area contributed by atoms with E-state index >= 15 is 0 Å². The van der Waals surface area contributed by atoms with E-state index < -0.39 is 36.3 Å². The summed E-state index contributed by atoms with van der Waals surface area (Å²) >= 11 is 3.07. The average Bonchev–Trinajstić information content (AvgIpc) is 2.41. The number of hydrogen-bond acceptors (Lipinski definition) is 34. The second-order valence-corrected chi connectivity index (χ2v) is 32.6. The van der Waals surface area contributed by atoms with Gasteiger partial charge in [0.05, 0.1) is 71.5 Å². The Morgan fingerprint density at radius 1 is 0.425 bits per heavy atom. The van der Waals surface area contributed by atoms with Crippen LogP contribution in [0.3, 0.4) is 0 Å². The first-order valence-corrected chi connectivity index (χ1v) is 41.1. The first kappa shape index (κ1) is 86.2. The van der Waals surface area contributed by atoms with Crippen molar-refractivity contribution in [2.24, 2.45) is 10.8 Å². The van der Waals surface area contributed by atoms with Gasteiger partial charge in [-0.05, 0) is 60.4 Å². The molecule has 0 spiro atoms. The number of likely N-dealkylation sites (N-methyl/N-ethyl adjacent to an activating group) is 6. The van der Waals surface area contributed by atoms with E-state index in [1.54, 1.807) is 87.0 Å². The Kier molecular flexibility index (Phi) is 28.0. The molecule has 10 aromatic rings. The van der Waals surface area contributed by atoms with E-state index in [4.69, 9.17) is 35.3 Å². The van der Waals surface area contributed by atoms with E-state index in [1.165, 1.54) is 67.2 Å². The number of oxazole rings is 7. The number of hydrogen-bond donors (Lipinski definition) is 6. The lowest BCUT2D eigenvalue weighted by atomic mass is 9.87. The molecule has 16 heterocycles. The fourth-order valence-corrected chi connectivity index (χ4v) is 16.5. The normalized spacial score (nSPS) is 20.8. The highest BCUT2D eigenvalue weighted by Crippen LogP contribution is 2.37. The number of carbonyl (C=O) groups excluding carboxylic acids is 6. The number of aryl methyl sites for hydroxylation is 2. The van der Waals surface area contributed by atoms with Crippen LogP contribution in [0.4, 0.5) is 0 Å². The summed E-state index contributed by atoms with van der Waals surface area (Å²) in [4.78, 5) is 121. The molecule has 6 unspecified atom stereocenters. The van der Waals surface area contributed by atoms with Crippen LogP contribution in [0.15, 0.2) is 146 Å². The number of nitrogens with zero attached hydrogens (tertiary/aromatic N) is 18. The van der Waals surface area contributed by atoms with Crippen LogP contribution in [-0.2, 0) is 93.5 Å². The van der Waals surface area contributed by atoms with Gasteiger partial charge < -0.3 is 96.6 Å². The fraction of sp³-hybridized carbons (Fsp3) is 0.475. The molecule has 6 N–H and O–H groups in total. The van der Waals surface area contributed by atoms with Crippen molar-refractivity contribution < 1.29 is 64.1 Å². The van der Waals surface area contributed by atoms with Crippen molar-refractivity contribution in [3.8, 4) is 0 Å². The van der Waals surface area contributed by atoms with Gasteiger partial charge in [0.15, 0.2) is 78.8 Å². The molecular formula is C80H100N24O14S2. The Bertz CT molecular complexity index is 5040. The van der Waals surface area contributed by atoms with Gasteiger partial charge in [0.2, 0.25) is 47.7 Å². The lowest BCUT2D eigenvalue weighted by Gasteiger charge is -2.29. The molecule has 120 heavy (non-hydrogen) atoms. The number of thiazole rings is 1. The summed E-state index contributed by atoms with van der Waals surface area (Å²) < 4.78 is 42.8. The van der Waals surface area contributed by atoms with Crippen LogP contribution in [0.2, 0.25) is 0 Å². The third-order valence-corrected chi connectivity index (χ3v) is 23.1. The molecule has 0 radical (unpaired) electrons. The summed E-state index contributed by atoms with van der Waals surface area (Å²) in [6.45, 7) is 19.2. The van der Waals surface area contributed by atoms with E-state index in [0.29, 0.717) is 156 Å². The molecule has 6 amide bonds. The highest BCUT2D eigenvalue weighted by atomic mass is 32.1. The molecule has 2 aliphatic carbocycles. The van der Waals surface area contributed by atoms with Gasteiger partial charge in [0.25, 0.3) is 0 Å². The molecular weight excluding hydrogens is 1590 g/mol. The molecule has 6 atom stereocenters. The third-order valence-electron chi connectivity index (χ3n) is 21.6. The van der Waals surface area contributed by atoms with Crippen molar-refractivity contribution in [2.75, 3.05) is 94.6 Å². The lowest BCUT2D eigenvalue weighted by Crippen LogP contribution is -2.41. The summed E-state index contributed by atoms with van der Waals surface area (Å²) in [5, 5.41) is 35.1. The van der Waals surface area contributed by atoms with Crippen LogP contribution in [0, 0.1) is 24.7 Å². The van der Waals surface area contributed by atoms with Crippen molar-refractivity contribution >= 4 is 58.1 Å². The van der Waals surface area contributed by atoms with E-state index in [0.717, 1.165) is 61.9 Å². The Morgan fingerprint density at radius 2 is 0.817 bits per heavy atom. The maximum Gasteiger partial charge on any atom is 0.248 e. The molecule has 6 aliphatic heterocycles. The van der Waals surface area contributed by atoms with Crippen LogP contribution in [0.25, 0.3) is 0 Å². The third kappa shape index (κ3) is 20.1. The average molecular weight is 1690 g/mol. The number of allylic oxidation sites excluding steroid dienone is 5. The first-order valence-electron chi connectivity index (χ1n) is 39.4. The predicted molar refractivity (Wildman–Crippen MR) is 431 cm³/mol. The Balaban J connectivity index is 0.000000125. The topological polar surface area (TPSA) is 454 Å². The largest absolute Gasteiger partial charge is 0.446 e. The minimum absolute atomic E-state index is 0.0202. The Labute approximate surface area is 699 Å². The van der Waals surface area contributed by atoms with Gasteiger partial charge in [-0.15, -0.1) is 43.1 Å². The quantitative estimate of drug-likeness (QED) is 0.0568.